The molecule has 0 saturated heterocycles. The highest BCUT2D eigenvalue weighted by Crippen LogP contribution is 2.25. The molecule has 1 amide bonds. The van der Waals surface area contributed by atoms with Crippen LogP contribution in [0.3, 0.4) is 0 Å². The van der Waals surface area contributed by atoms with E-state index >= 15 is 0 Å². The topological polar surface area (TPSA) is 71.8 Å². The van der Waals surface area contributed by atoms with E-state index in [1.165, 1.54) is 6.08 Å². The third-order valence-corrected chi connectivity index (χ3v) is 3.27. The van der Waals surface area contributed by atoms with Crippen molar-refractivity contribution in [3.63, 3.8) is 0 Å². The van der Waals surface area contributed by atoms with Crippen LogP contribution in [-0.4, -0.2) is 15.9 Å². The van der Waals surface area contributed by atoms with Gasteiger partial charge in [0, 0.05) is 28.9 Å². The third kappa shape index (κ3) is 2.46. The second-order valence-corrected chi connectivity index (χ2v) is 4.69. The molecule has 3 rings (SSSR count). The Bertz CT molecular complexity index is 899. The zero-order valence-electron chi connectivity index (χ0n) is 11.3. The van der Waals surface area contributed by atoms with Crippen LogP contribution >= 0.6 is 0 Å². The van der Waals surface area contributed by atoms with Crippen molar-refractivity contribution in [1.82, 2.24) is 9.97 Å². The van der Waals surface area contributed by atoms with Gasteiger partial charge < -0.3 is 10.7 Å². The Morgan fingerprint density at radius 2 is 2.09 bits per heavy atom. The molecule has 6 heteroatoms. The maximum atomic E-state index is 13.9. The molecule has 0 bridgehead atoms. The van der Waals surface area contributed by atoms with Gasteiger partial charge in [0.1, 0.15) is 17.3 Å². The lowest BCUT2D eigenvalue weighted by atomic mass is 10.0. The summed E-state index contributed by atoms with van der Waals surface area (Å²) in [5, 5.41) is 0.748. The number of fused-ring (bicyclic) bond motifs is 1. The van der Waals surface area contributed by atoms with Crippen LogP contribution in [0.2, 0.25) is 0 Å². The molecule has 0 atom stereocenters. The predicted molar refractivity (Wildman–Crippen MR) is 79.5 cm³/mol. The van der Waals surface area contributed by atoms with E-state index in [0.29, 0.717) is 11.2 Å². The standard InChI is InChI=1S/C16H11F2N3O/c17-10-3-4-14(18)12(7-10)13(15(19)22)6-9-8-21-16-11(9)2-1-5-20-16/h1-8H,(H2,19,22)(H,20,21). The number of H-pyrrole nitrogens is 1. The van der Waals surface area contributed by atoms with Crippen LogP contribution in [0.15, 0.2) is 42.7 Å². The number of amides is 1. The second-order valence-electron chi connectivity index (χ2n) is 4.69. The highest BCUT2D eigenvalue weighted by Gasteiger charge is 2.15. The molecule has 1 aromatic carbocycles. The van der Waals surface area contributed by atoms with Gasteiger partial charge in [0.25, 0.3) is 0 Å². The van der Waals surface area contributed by atoms with E-state index in [-0.39, 0.29) is 11.1 Å². The van der Waals surface area contributed by atoms with Crippen molar-refractivity contribution < 1.29 is 13.6 Å². The first-order chi connectivity index (χ1) is 10.6. The van der Waals surface area contributed by atoms with Gasteiger partial charge in [-0.05, 0) is 36.4 Å². The molecule has 2 heterocycles. The highest BCUT2D eigenvalue weighted by molar-refractivity contribution is 6.24. The minimum atomic E-state index is -0.845. The first-order valence-corrected chi connectivity index (χ1v) is 6.45. The number of aromatic nitrogens is 2. The van der Waals surface area contributed by atoms with Gasteiger partial charge in [0.2, 0.25) is 5.91 Å². The van der Waals surface area contributed by atoms with Gasteiger partial charge in [-0.3, -0.25) is 4.79 Å². The Morgan fingerprint density at radius 1 is 1.27 bits per heavy atom. The van der Waals surface area contributed by atoms with Crippen molar-refractivity contribution in [3.8, 4) is 0 Å². The average molecular weight is 299 g/mol. The molecule has 0 radical (unpaired) electrons. The zero-order chi connectivity index (χ0) is 15.7. The summed E-state index contributed by atoms with van der Waals surface area (Å²) >= 11 is 0. The van der Waals surface area contributed by atoms with Gasteiger partial charge in [0.15, 0.2) is 0 Å². The molecule has 0 unspecified atom stereocenters. The van der Waals surface area contributed by atoms with E-state index in [9.17, 15) is 13.6 Å². The summed E-state index contributed by atoms with van der Waals surface area (Å²) in [6.45, 7) is 0. The van der Waals surface area contributed by atoms with Crippen LogP contribution in [0.5, 0.6) is 0 Å². The van der Waals surface area contributed by atoms with Crippen molar-refractivity contribution in [1.29, 1.82) is 0 Å². The van der Waals surface area contributed by atoms with Gasteiger partial charge in [-0.1, -0.05) is 0 Å². The molecule has 22 heavy (non-hydrogen) atoms. The zero-order valence-corrected chi connectivity index (χ0v) is 11.3. The molecule has 4 nitrogen and oxygen atoms in total. The van der Waals surface area contributed by atoms with E-state index in [4.69, 9.17) is 5.73 Å². The smallest absolute Gasteiger partial charge is 0.249 e. The number of hydrogen-bond donors (Lipinski definition) is 2. The number of hydrogen-bond acceptors (Lipinski definition) is 2. The maximum Gasteiger partial charge on any atom is 0.249 e. The fourth-order valence-electron chi connectivity index (χ4n) is 2.24. The SMILES string of the molecule is NC(=O)C(=Cc1c[nH]c2ncccc12)c1cc(F)ccc1F. The van der Waals surface area contributed by atoms with Crippen molar-refractivity contribution in [2.24, 2.45) is 5.73 Å². The number of carbonyl (C=O) groups is 1. The Morgan fingerprint density at radius 3 is 2.86 bits per heavy atom. The predicted octanol–water partition coefficient (Wildman–Crippen LogP) is 2.87. The highest BCUT2D eigenvalue weighted by atomic mass is 19.1. The van der Waals surface area contributed by atoms with Crippen LogP contribution in [0, 0.1) is 11.6 Å². The van der Waals surface area contributed by atoms with Crippen molar-refractivity contribution in [2.75, 3.05) is 0 Å². The van der Waals surface area contributed by atoms with Gasteiger partial charge in [-0.2, -0.15) is 0 Å². The van der Waals surface area contributed by atoms with Gasteiger partial charge in [-0.15, -0.1) is 0 Å². The number of rotatable bonds is 3. The van der Waals surface area contributed by atoms with Crippen molar-refractivity contribution in [3.05, 3.63) is 65.5 Å². The molecule has 0 aliphatic rings. The molecular weight excluding hydrogens is 288 g/mol. The largest absolute Gasteiger partial charge is 0.366 e. The number of pyridine rings is 1. The number of nitrogens with one attached hydrogen (secondary N) is 1. The molecule has 0 saturated carbocycles. The molecule has 3 aromatic rings. The lowest BCUT2D eigenvalue weighted by Gasteiger charge is -2.05. The fourth-order valence-corrected chi connectivity index (χ4v) is 2.24. The van der Waals surface area contributed by atoms with E-state index in [1.54, 1.807) is 24.5 Å². The first kappa shape index (κ1) is 13.9. The quantitative estimate of drug-likeness (QED) is 0.730. The number of aromatic amines is 1. The van der Waals surface area contributed by atoms with Crippen LogP contribution in [0.1, 0.15) is 11.1 Å². The van der Waals surface area contributed by atoms with Crippen LogP contribution in [0.4, 0.5) is 8.78 Å². The summed E-state index contributed by atoms with van der Waals surface area (Å²) < 4.78 is 27.2. The molecule has 2 aromatic heterocycles. The number of nitrogens with zero attached hydrogens (tertiary/aromatic N) is 1. The lowest BCUT2D eigenvalue weighted by Crippen LogP contribution is -2.14. The maximum absolute atomic E-state index is 13.9. The van der Waals surface area contributed by atoms with E-state index < -0.39 is 17.5 Å². The summed E-state index contributed by atoms with van der Waals surface area (Å²) in [5.74, 6) is -2.21. The minimum Gasteiger partial charge on any atom is -0.366 e. The molecule has 0 spiro atoms. The third-order valence-electron chi connectivity index (χ3n) is 3.27. The molecular formula is C16H11F2N3O. The second kappa shape index (κ2) is 5.40. The fraction of sp³-hybridized carbons (Fsp3) is 0. The van der Waals surface area contributed by atoms with Crippen LogP contribution in [0.25, 0.3) is 22.7 Å². The Kier molecular flexibility index (Phi) is 3.42. The monoisotopic (exact) mass is 299 g/mol. The number of benzene rings is 1. The number of nitrogens with two attached hydrogens (primary N) is 1. The normalized spacial score (nSPS) is 11.8. The Balaban J connectivity index is 2.19. The van der Waals surface area contributed by atoms with E-state index in [2.05, 4.69) is 9.97 Å². The average Bonchev–Trinajstić information content (AvgIpc) is 2.90. The van der Waals surface area contributed by atoms with Crippen LogP contribution in [-0.2, 0) is 4.79 Å². The molecule has 0 aliphatic carbocycles. The minimum absolute atomic E-state index is 0.109. The molecule has 110 valence electrons. The van der Waals surface area contributed by atoms with Gasteiger partial charge >= 0.3 is 0 Å². The summed E-state index contributed by atoms with van der Waals surface area (Å²) in [4.78, 5) is 18.7. The Labute approximate surface area is 124 Å². The first-order valence-electron chi connectivity index (χ1n) is 6.45. The summed E-state index contributed by atoms with van der Waals surface area (Å²) in [5.41, 5.74) is 6.28. The van der Waals surface area contributed by atoms with E-state index in [1.807, 2.05) is 0 Å². The van der Waals surface area contributed by atoms with Crippen LogP contribution < -0.4 is 5.73 Å². The summed E-state index contributed by atoms with van der Waals surface area (Å²) in [7, 11) is 0. The number of primary amides is 1. The molecule has 3 N–H and O–H groups in total. The van der Waals surface area contributed by atoms with Gasteiger partial charge in [0.05, 0.1) is 5.57 Å². The molecule has 0 fully saturated rings. The number of halogens is 2. The Hall–Kier alpha value is -3.02. The summed E-state index contributed by atoms with van der Waals surface area (Å²) in [6, 6.07) is 6.41. The summed E-state index contributed by atoms with van der Waals surface area (Å²) in [6.07, 6.45) is 4.66. The van der Waals surface area contributed by atoms with Gasteiger partial charge in [-0.25, -0.2) is 13.8 Å². The molecule has 0 aliphatic heterocycles. The van der Waals surface area contributed by atoms with Crippen molar-refractivity contribution >= 4 is 28.6 Å². The van der Waals surface area contributed by atoms with E-state index in [0.717, 1.165) is 23.6 Å². The van der Waals surface area contributed by atoms with Crippen molar-refractivity contribution in [2.45, 2.75) is 0 Å². The number of carbonyl (C=O) groups excluding carboxylic acids is 1. The lowest BCUT2D eigenvalue weighted by molar-refractivity contribution is -0.112.